The van der Waals surface area contributed by atoms with Gasteiger partial charge >= 0.3 is 5.97 Å². The number of hydrazone groups is 1. The second-order valence-corrected chi connectivity index (χ2v) is 7.88. The predicted octanol–water partition coefficient (Wildman–Crippen LogP) is 4.77. The lowest BCUT2D eigenvalue weighted by Crippen LogP contribution is -2.24. The van der Waals surface area contributed by atoms with Crippen molar-refractivity contribution in [1.29, 1.82) is 0 Å². The van der Waals surface area contributed by atoms with Crippen LogP contribution in [0.5, 0.6) is 28.7 Å². The van der Waals surface area contributed by atoms with Gasteiger partial charge in [0.2, 0.25) is 5.75 Å². The lowest BCUT2D eigenvalue weighted by molar-refractivity contribution is -0.123. The molecule has 36 heavy (non-hydrogen) atoms. The summed E-state index contributed by atoms with van der Waals surface area (Å²) in [5, 5.41) is 4.63. The highest BCUT2D eigenvalue weighted by molar-refractivity contribution is 6.35. The molecule has 0 unspecified atom stereocenters. The van der Waals surface area contributed by atoms with Gasteiger partial charge in [0, 0.05) is 5.02 Å². The highest BCUT2D eigenvalue weighted by Gasteiger charge is 2.18. The monoisotopic (exact) mass is 532 g/mol. The van der Waals surface area contributed by atoms with Gasteiger partial charge in [-0.05, 0) is 48.0 Å². The molecule has 11 heteroatoms. The molecule has 3 aromatic rings. The van der Waals surface area contributed by atoms with Crippen LogP contribution in [-0.2, 0) is 4.79 Å². The molecule has 9 nitrogen and oxygen atoms in total. The van der Waals surface area contributed by atoms with Gasteiger partial charge in [0.15, 0.2) is 18.1 Å². The van der Waals surface area contributed by atoms with E-state index < -0.39 is 11.9 Å². The van der Waals surface area contributed by atoms with E-state index in [9.17, 15) is 9.59 Å². The highest BCUT2D eigenvalue weighted by atomic mass is 35.5. The van der Waals surface area contributed by atoms with E-state index in [0.29, 0.717) is 33.6 Å². The topological polar surface area (TPSA) is 105 Å². The van der Waals surface area contributed by atoms with Crippen LogP contribution in [0.4, 0.5) is 0 Å². The summed E-state index contributed by atoms with van der Waals surface area (Å²) in [7, 11) is 4.37. The molecule has 0 aliphatic carbocycles. The van der Waals surface area contributed by atoms with Crippen LogP contribution in [0.15, 0.2) is 59.7 Å². The Kier molecular flexibility index (Phi) is 9.38. The molecule has 3 rings (SSSR count). The molecule has 0 aliphatic rings. The van der Waals surface area contributed by atoms with E-state index in [1.165, 1.54) is 45.7 Å². The number of nitrogens with one attached hydrogen (secondary N) is 1. The van der Waals surface area contributed by atoms with Gasteiger partial charge in [-0.3, -0.25) is 4.79 Å². The zero-order valence-electron chi connectivity index (χ0n) is 19.5. The molecule has 3 aromatic carbocycles. The largest absolute Gasteiger partial charge is 0.493 e. The van der Waals surface area contributed by atoms with Crippen molar-refractivity contribution in [3.05, 3.63) is 75.8 Å². The molecule has 0 radical (unpaired) electrons. The van der Waals surface area contributed by atoms with Gasteiger partial charge in [-0.25, -0.2) is 10.2 Å². The third-order valence-corrected chi connectivity index (χ3v) is 5.16. The Morgan fingerprint density at radius 1 is 0.917 bits per heavy atom. The number of amides is 1. The minimum absolute atomic E-state index is 0.205. The van der Waals surface area contributed by atoms with Crippen LogP contribution in [0, 0.1) is 0 Å². The number of nitrogens with zero attached hydrogens (tertiary/aromatic N) is 1. The number of esters is 1. The summed E-state index contributed by atoms with van der Waals surface area (Å²) in [6.45, 7) is -0.300. The smallest absolute Gasteiger partial charge is 0.343 e. The number of methoxy groups -OCH3 is 3. The maximum absolute atomic E-state index is 12.7. The number of halogens is 2. The van der Waals surface area contributed by atoms with Crippen LogP contribution >= 0.6 is 23.2 Å². The summed E-state index contributed by atoms with van der Waals surface area (Å²) in [5.74, 6) is 0.465. The first kappa shape index (κ1) is 26.7. The van der Waals surface area contributed by atoms with Crippen LogP contribution in [0.3, 0.4) is 0 Å². The lowest BCUT2D eigenvalue weighted by atomic mass is 10.1. The van der Waals surface area contributed by atoms with Gasteiger partial charge < -0.3 is 23.7 Å². The van der Waals surface area contributed by atoms with Crippen LogP contribution in [0.2, 0.25) is 10.0 Å². The Labute approximate surface area is 217 Å². The number of hydrogen-bond acceptors (Lipinski definition) is 8. The third-order valence-electron chi connectivity index (χ3n) is 4.62. The molecule has 0 fully saturated rings. The van der Waals surface area contributed by atoms with Crippen molar-refractivity contribution in [2.75, 3.05) is 27.9 Å². The molecule has 0 atom stereocenters. The van der Waals surface area contributed by atoms with Crippen molar-refractivity contribution in [3.63, 3.8) is 0 Å². The van der Waals surface area contributed by atoms with E-state index in [0.717, 1.165) is 0 Å². The summed E-state index contributed by atoms with van der Waals surface area (Å²) >= 11 is 11.8. The normalized spacial score (nSPS) is 10.6. The van der Waals surface area contributed by atoms with Crippen LogP contribution in [0.25, 0.3) is 0 Å². The molecule has 0 saturated carbocycles. The molecule has 0 aromatic heterocycles. The van der Waals surface area contributed by atoms with E-state index in [1.54, 1.807) is 36.4 Å². The van der Waals surface area contributed by atoms with Gasteiger partial charge in [0.05, 0.1) is 38.1 Å². The van der Waals surface area contributed by atoms with Crippen molar-refractivity contribution in [2.45, 2.75) is 0 Å². The second-order valence-electron chi connectivity index (χ2n) is 7.03. The number of rotatable bonds is 10. The molecular weight excluding hydrogens is 511 g/mol. The Hall–Kier alpha value is -3.95. The SMILES string of the molecule is COc1cc(C(=O)Oc2cccc(/C=N/NC(=O)COc3ccc(Cl)cc3Cl)c2)cc(OC)c1OC. The molecular formula is C25H22Cl2N2O7. The van der Waals surface area contributed by atoms with E-state index >= 15 is 0 Å². The molecule has 0 aliphatic heterocycles. The lowest BCUT2D eigenvalue weighted by Gasteiger charge is -2.13. The van der Waals surface area contributed by atoms with Crippen molar-refractivity contribution in [1.82, 2.24) is 5.43 Å². The first-order valence-electron chi connectivity index (χ1n) is 10.4. The quantitative estimate of drug-likeness (QED) is 0.173. The second kappa shape index (κ2) is 12.7. The molecule has 1 amide bonds. The average molecular weight is 533 g/mol. The Morgan fingerprint density at radius 2 is 1.64 bits per heavy atom. The summed E-state index contributed by atoms with van der Waals surface area (Å²) in [5.41, 5.74) is 3.12. The van der Waals surface area contributed by atoms with Crippen LogP contribution in [0.1, 0.15) is 15.9 Å². The van der Waals surface area contributed by atoms with Gasteiger partial charge in [-0.1, -0.05) is 35.3 Å². The Bertz CT molecular complexity index is 1260. The first-order chi connectivity index (χ1) is 17.3. The first-order valence-corrected chi connectivity index (χ1v) is 11.1. The van der Waals surface area contributed by atoms with Crippen molar-refractivity contribution in [3.8, 4) is 28.7 Å². The summed E-state index contributed by atoms with van der Waals surface area (Å²) in [6.07, 6.45) is 1.39. The van der Waals surface area contributed by atoms with Gasteiger partial charge in [-0.2, -0.15) is 5.10 Å². The van der Waals surface area contributed by atoms with Crippen molar-refractivity contribution < 1.29 is 33.3 Å². The molecule has 0 saturated heterocycles. The summed E-state index contributed by atoms with van der Waals surface area (Å²) in [6, 6.07) is 14.2. The van der Waals surface area contributed by atoms with Gasteiger partial charge in [0.25, 0.3) is 5.91 Å². The van der Waals surface area contributed by atoms with E-state index in [4.69, 9.17) is 46.9 Å². The molecule has 0 bridgehead atoms. The third kappa shape index (κ3) is 7.03. The van der Waals surface area contributed by atoms with Crippen LogP contribution in [-0.4, -0.2) is 46.0 Å². The standard InChI is InChI=1S/C25H22Cl2N2O7/c1-32-21-10-16(11-22(33-2)24(21)34-3)25(31)36-18-6-4-5-15(9-18)13-28-29-23(30)14-35-20-8-7-17(26)12-19(20)27/h4-13H,14H2,1-3H3,(H,29,30)/b28-13+. The Morgan fingerprint density at radius 3 is 2.28 bits per heavy atom. The predicted molar refractivity (Wildman–Crippen MR) is 135 cm³/mol. The van der Waals surface area contributed by atoms with Crippen LogP contribution < -0.4 is 29.1 Å². The number of benzene rings is 3. The average Bonchev–Trinajstić information content (AvgIpc) is 2.87. The number of carbonyl (C=O) groups excluding carboxylic acids is 2. The van der Waals surface area contributed by atoms with Gasteiger partial charge in [0.1, 0.15) is 11.5 Å². The Balaban J connectivity index is 1.60. The van der Waals surface area contributed by atoms with Crippen molar-refractivity contribution >= 4 is 41.3 Å². The minimum atomic E-state index is -0.630. The number of carbonyl (C=O) groups is 2. The molecule has 0 spiro atoms. The number of ether oxygens (including phenoxy) is 5. The fourth-order valence-electron chi connectivity index (χ4n) is 2.97. The summed E-state index contributed by atoms with van der Waals surface area (Å²) in [4.78, 5) is 24.7. The van der Waals surface area contributed by atoms with E-state index in [2.05, 4.69) is 10.5 Å². The highest BCUT2D eigenvalue weighted by Crippen LogP contribution is 2.38. The van der Waals surface area contributed by atoms with E-state index in [-0.39, 0.29) is 22.9 Å². The molecule has 188 valence electrons. The zero-order valence-corrected chi connectivity index (χ0v) is 21.1. The zero-order chi connectivity index (χ0) is 26.1. The molecule has 1 N–H and O–H groups in total. The fraction of sp³-hybridized carbons (Fsp3) is 0.160. The maximum Gasteiger partial charge on any atom is 0.343 e. The number of hydrogen-bond donors (Lipinski definition) is 1. The van der Waals surface area contributed by atoms with E-state index in [1.807, 2.05) is 0 Å². The summed E-state index contributed by atoms with van der Waals surface area (Å²) < 4.78 is 26.6. The minimum Gasteiger partial charge on any atom is -0.493 e. The maximum atomic E-state index is 12.7. The van der Waals surface area contributed by atoms with Crippen molar-refractivity contribution in [2.24, 2.45) is 5.10 Å². The van der Waals surface area contributed by atoms with Gasteiger partial charge in [-0.15, -0.1) is 0 Å². The fourth-order valence-corrected chi connectivity index (χ4v) is 3.43. The molecule has 0 heterocycles.